The quantitative estimate of drug-likeness (QED) is 0.600. The van der Waals surface area contributed by atoms with Crippen molar-refractivity contribution in [2.24, 2.45) is 0 Å². The van der Waals surface area contributed by atoms with Crippen LogP contribution < -0.4 is 5.32 Å². The summed E-state index contributed by atoms with van der Waals surface area (Å²) in [7, 11) is 0. The monoisotopic (exact) mass is 437 g/mol. The number of carbonyl (C=O) groups excluding carboxylic acids is 2. The molecule has 8 heteroatoms. The summed E-state index contributed by atoms with van der Waals surface area (Å²) in [6.45, 7) is 3.59. The van der Waals surface area contributed by atoms with Crippen molar-refractivity contribution < 1.29 is 9.59 Å². The molecule has 31 heavy (non-hydrogen) atoms. The first-order valence-corrected chi connectivity index (χ1v) is 10.7. The van der Waals surface area contributed by atoms with Crippen LogP contribution >= 0.6 is 11.6 Å². The lowest BCUT2D eigenvalue weighted by Gasteiger charge is -2.29. The van der Waals surface area contributed by atoms with Crippen molar-refractivity contribution in [3.05, 3.63) is 76.1 Å². The average Bonchev–Trinajstić information content (AvgIpc) is 3.17. The SMILES string of the molecule is Cc1c(C(=O)NCCCC(=O)N2CCc3ccccc3C2)nnn1-c1cccc(Cl)c1. The van der Waals surface area contributed by atoms with Crippen LogP contribution in [0.2, 0.25) is 5.02 Å². The second-order valence-electron chi connectivity index (χ2n) is 7.61. The normalized spacial score (nSPS) is 13.0. The van der Waals surface area contributed by atoms with E-state index >= 15 is 0 Å². The molecule has 0 aliphatic carbocycles. The van der Waals surface area contributed by atoms with Crippen molar-refractivity contribution in [2.45, 2.75) is 32.7 Å². The molecule has 7 nitrogen and oxygen atoms in total. The molecule has 2 heterocycles. The summed E-state index contributed by atoms with van der Waals surface area (Å²) >= 11 is 6.04. The Hall–Kier alpha value is -3.19. The summed E-state index contributed by atoms with van der Waals surface area (Å²) < 4.78 is 1.58. The van der Waals surface area contributed by atoms with Crippen LogP contribution in [0.3, 0.4) is 0 Å². The molecular formula is C23H24ClN5O2. The molecule has 0 spiro atoms. The van der Waals surface area contributed by atoms with E-state index in [-0.39, 0.29) is 17.5 Å². The summed E-state index contributed by atoms with van der Waals surface area (Å²) in [6, 6.07) is 15.4. The molecule has 0 fully saturated rings. The van der Waals surface area contributed by atoms with Gasteiger partial charge in [0.25, 0.3) is 5.91 Å². The first-order chi connectivity index (χ1) is 15.0. The molecule has 2 amide bonds. The fourth-order valence-electron chi connectivity index (χ4n) is 3.78. The van der Waals surface area contributed by atoms with Crippen LogP contribution in [-0.2, 0) is 17.8 Å². The van der Waals surface area contributed by atoms with E-state index in [0.717, 1.165) is 18.7 Å². The second-order valence-corrected chi connectivity index (χ2v) is 8.05. The molecule has 1 aromatic heterocycles. The largest absolute Gasteiger partial charge is 0.351 e. The molecule has 4 rings (SSSR count). The summed E-state index contributed by atoms with van der Waals surface area (Å²) in [5.41, 5.74) is 4.17. The molecule has 0 saturated heterocycles. The fraction of sp³-hybridized carbons (Fsp3) is 0.304. The molecule has 1 N–H and O–H groups in total. The highest BCUT2D eigenvalue weighted by Gasteiger charge is 2.20. The number of hydrogen-bond acceptors (Lipinski definition) is 4. The summed E-state index contributed by atoms with van der Waals surface area (Å²) in [4.78, 5) is 26.9. The predicted molar refractivity (Wildman–Crippen MR) is 118 cm³/mol. The Balaban J connectivity index is 1.27. The van der Waals surface area contributed by atoms with Gasteiger partial charge in [-0.2, -0.15) is 0 Å². The van der Waals surface area contributed by atoms with E-state index in [1.54, 1.807) is 23.7 Å². The minimum absolute atomic E-state index is 0.117. The van der Waals surface area contributed by atoms with Crippen molar-refractivity contribution in [2.75, 3.05) is 13.1 Å². The van der Waals surface area contributed by atoms with Gasteiger partial charge in [0.15, 0.2) is 5.69 Å². The molecule has 0 saturated carbocycles. The molecule has 1 aliphatic heterocycles. The van der Waals surface area contributed by atoms with E-state index in [4.69, 9.17) is 11.6 Å². The smallest absolute Gasteiger partial charge is 0.273 e. The number of hydrogen-bond donors (Lipinski definition) is 1. The molecule has 0 radical (unpaired) electrons. The van der Waals surface area contributed by atoms with Crippen LogP contribution in [0.15, 0.2) is 48.5 Å². The Morgan fingerprint density at radius 3 is 2.74 bits per heavy atom. The maximum absolute atomic E-state index is 12.5. The van der Waals surface area contributed by atoms with Crippen molar-refractivity contribution in [1.82, 2.24) is 25.2 Å². The van der Waals surface area contributed by atoms with Crippen molar-refractivity contribution in [3.8, 4) is 5.69 Å². The number of amides is 2. The van der Waals surface area contributed by atoms with Crippen molar-refractivity contribution >= 4 is 23.4 Å². The topological polar surface area (TPSA) is 80.1 Å². The highest BCUT2D eigenvalue weighted by molar-refractivity contribution is 6.30. The van der Waals surface area contributed by atoms with E-state index < -0.39 is 0 Å². The zero-order chi connectivity index (χ0) is 21.8. The van der Waals surface area contributed by atoms with Crippen LogP contribution in [-0.4, -0.2) is 44.8 Å². The predicted octanol–water partition coefficient (Wildman–Crippen LogP) is 3.32. The Bertz CT molecular complexity index is 1110. The highest BCUT2D eigenvalue weighted by atomic mass is 35.5. The summed E-state index contributed by atoms with van der Waals surface area (Å²) in [5.74, 6) is -0.183. The van der Waals surface area contributed by atoms with Gasteiger partial charge in [-0.05, 0) is 49.1 Å². The van der Waals surface area contributed by atoms with Crippen LogP contribution in [0.1, 0.15) is 40.2 Å². The Morgan fingerprint density at radius 1 is 1.13 bits per heavy atom. The minimum atomic E-state index is -0.301. The first-order valence-electron chi connectivity index (χ1n) is 10.3. The van der Waals surface area contributed by atoms with Crippen LogP contribution in [0.5, 0.6) is 0 Å². The molecular weight excluding hydrogens is 414 g/mol. The number of aromatic nitrogens is 3. The maximum atomic E-state index is 12.5. The van der Waals surface area contributed by atoms with Gasteiger partial charge < -0.3 is 10.2 Å². The number of nitrogens with one attached hydrogen (secondary N) is 1. The van der Waals surface area contributed by atoms with Gasteiger partial charge in [-0.25, -0.2) is 4.68 Å². The third-order valence-electron chi connectivity index (χ3n) is 5.50. The fourth-order valence-corrected chi connectivity index (χ4v) is 3.97. The van der Waals surface area contributed by atoms with Gasteiger partial charge in [0.2, 0.25) is 5.91 Å². The molecule has 0 atom stereocenters. The van der Waals surface area contributed by atoms with Gasteiger partial charge >= 0.3 is 0 Å². The second kappa shape index (κ2) is 9.31. The summed E-state index contributed by atoms with van der Waals surface area (Å²) in [5, 5.41) is 11.5. The lowest BCUT2D eigenvalue weighted by Crippen LogP contribution is -2.36. The van der Waals surface area contributed by atoms with Crippen molar-refractivity contribution in [1.29, 1.82) is 0 Å². The van der Waals surface area contributed by atoms with Gasteiger partial charge in [-0.1, -0.05) is 47.1 Å². The summed E-state index contributed by atoms with van der Waals surface area (Å²) in [6.07, 6.45) is 1.86. The van der Waals surface area contributed by atoms with Gasteiger partial charge in [-0.15, -0.1) is 5.10 Å². The third-order valence-corrected chi connectivity index (χ3v) is 5.73. The zero-order valence-corrected chi connectivity index (χ0v) is 18.1. The minimum Gasteiger partial charge on any atom is -0.351 e. The maximum Gasteiger partial charge on any atom is 0.273 e. The number of nitrogens with zero attached hydrogens (tertiary/aromatic N) is 4. The van der Waals surface area contributed by atoms with Gasteiger partial charge in [0.05, 0.1) is 11.4 Å². The number of fused-ring (bicyclic) bond motifs is 1. The Kier molecular flexibility index (Phi) is 6.32. The zero-order valence-electron chi connectivity index (χ0n) is 17.3. The number of rotatable bonds is 6. The Labute approximate surface area is 186 Å². The lowest BCUT2D eigenvalue weighted by atomic mass is 9.99. The first kappa shape index (κ1) is 21.1. The number of benzene rings is 2. The Morgan fingerprint density at radius 2 is 1.94 bits per heavy atom. The molecule has 0 bridgehead atoms. The van der Waals surface area contributed by atoms with E-state index in [9.17, 15) is 9.59 Å². The average molecular weight is 438 g/mol. The molecule has 3 aromatic rings. The number of carbonyl (C=O) groups is 2. The molecule has 1 aliphatic rings. The van der Waals surface area contributed by atoms with Crippen molar-refractivity contribution in [3.63, 3.8) is 0 Å². The standard InChI is InChI=1S/C23H24ClN5O2/c1-16-22(26-27-29(16)20-9-4-8-19(24)14-20)23(31)25-12-5-10-21(30)28-13-11-17-6-2-3-7-18(17)15-28/h2-4,6-9,14H,5,10-13,15H2,1H3,(H,25,31). The lowest BCUT2D eigenvalue weighted by molar-refractivity contribution is -0.132. The highest BCUT2D eigenvalue weighted by Crippen LogP contribution is 2.19. The van der Waals surface area contributed by atoms with Crippen LogP contribution in [0.4, 0.5) is 0 Å². The number of halogens is 1. The molecule has 0 unspecified atom stereocenters. The third kappa shape index (κ3) is 4.77. The molecule has 2 aromatic carbocycles. The van der Waals surface area contributed by atoms with Gasteiger partial charge in [0.1, 0.15) is 0 Å². The van der Waals surface area contributed by atoms with E-state index in [1.165, 1.54) is 11.1 Å². The van der Waals surface area contributed by atoms with E-state index in [1.807, 2.05) is 29.2 Å². The van der Waals surface area contributed by atoms with E-state index in [0.29, 0.717) is 36.6 Å². The van der Waals surface area contributed by atoms with Crippen LogP contribution in [0.25, 0.3) is 5.69 Å². The molecule has 160 valence electrons. The van der Waals surface area contributed by atoms with E-state index in [2.05, 4.69) is 27.8 Å². The van der Waals surface area contributed by atoms with Crippen LogP contribution in [0, 0.1) is 6.92 Å². The van der Waals surface area contributed by atoms with Gasteiger partial charge in [-0.3, -0.25) is 9.59 Å². The van der Waals surface area contributed by atoms with Gasteiger partial charge in [0, 0.05) is 31.1 Å².